The number of rotatable bonds is 5. The fraction of sp³-hybridized carbons (Fsp3) is 0.333. The lowest BCUT2D eigenvalue weighted by molar-refractivity contribution is -0.133. The number of aryl methyl sites for hydroxylation is 2. The average molecular weight is 341 g/mol. The number of carboxylic acids is 1. The number of fused-ring (bicyclic) bond motifs is 1. The number of carbonyl (C=O) groups excluding carboxylic acids is 1. The quantitative estimate of drug-likeness (QED) is 0.641. The number of thioether (sulfide) groups is 1. The summed E-state index contributed by atoms with van der Waals surface area (Å²) in [6.45, 7) is 0. The largest absolute Gasteiger partial charge is 0.481 e. The number of aromatic nitrogens is 2. The van der Waals surface area contributed by atoms with E-state index in [9.17, 15) is 9.59 Å². The molecule has 2 heterocycles. The molecule has 1 aliphatic rings. The molecule has 0 aliphatic heterocycles. The Hall–Kier alpha value is -1.45. The number of carbonyl (C=O) groups is 2. The van der Waals surface area contributed by atoms with Crippen molar-refractivity contribution in [1.82, 2.24) is 10.2 Å². The third-order valence-electron chi connectivity index (χ3n) is 2.92. The van der Waals surface area contributed by atoms with E-state index in [0.717, 1.165) is 24.6 Å². The highest BCUT2D eigenvalue weighted by molar-refractivity contribution is 8.01. The highest BCUT2D eigenvalue weighted by Gasteiger charge is 2.19. The predicted molar refractivity (Wildman–Crippen MR) is 82.6 cm³/mol. The van der Waals surface area contributed by atoms with Crippen LogP contribution in [-0.4, -0.2) is 32.9 Å². The standard InChI is InChI=1S/C12H11N3O3S3/c16-9(17)5-19-12-15-14-11(21-12)13-10(18)8-4-6-2-1-3-7(6)20-8/h4H,1-3,5H2,(H,16,17)(H,13,14,18). The number of thiophene rings is 1. The maximum atomic E-state index is 12.1. The summed E-state index contributed by atoms with van der Waals surface area (Å²) in [6, 6.07) is 1.95. The Kier molecular flexibility index (Phi) is 4.22. The van der Waals surface area contributed by atoms with Crippen LogP contribution in [0.5, 0.6) is 0 Å². The second-order valence-corrected chi connectivity index (χ2v) is 7.76. The van der Waals surface area contributed by atoms with Crippen molar-refractivity contribution in [3.63, 3.8) is 0 Å². The monoisotopic (exact) mass is 341 g/mol. The molecule has 9 heteroatoms. The number of hydrogen-bond acceptors (Lipinski definition) is 7. The van der Waals surface area contributed by atoms with Crippen molar-refractivity contribution >= 4 is 51.4 Å². The van der Waals surface area contributed by atoms with Crippen LogP contribution in [0.4, 0.5) is 5.13 Å². The third-order valence-corrected chi connectivity index (χ3v) is 6.11. The van der Waals surface area contributed by atoms with Crippen molar-refractivity contribution in [2.75, 3.05) is 11.1 Å². The zero-order valence-corrected chi connectivity index (χ0v) is 13.2. The van der Waals surface area contributed by atoms with Gasteiger partial charge in [0.25, 0.3) is 5.91 Å². The molecular weight excluding hydrogens is 330 g/mol. The fourth-order valence-electron chi connectivity index (χ4n) is 2.04. The van der Waals surface area contributed by atoms with Crippen molar-refractivity contribution in [3.8, 4) is 0 Å². The van der Waals surface area contributed by atoms with Gasteiger partial charge >= 0.3 is 5.97 Å². The molecule has 1 aliphatic carbocycles. The molecule has 3 rings (SSSR count). The van der Waals surface area contributed by atoms with Crippen LogP contribution in [0.25, 0.3) is 0 Å². The molecule has 0 bridgehead atoms. The summed E-state index contributed by atoms with van der Waals surface area (Å²) in [7, 11) is 0. The van der Waals surface area contributed by atoms with E-state index in [2.05, 4.69) is 15.5 Å². The lowest BCUT2D eigenvalue weighted by atomic mass is 10.2. The van der Waals surface area contributed by atoms with Crippen molar-refractivity contribution in [1.29, 1.82) is 0 Å². The number of hydrogen-bond donors (Lipinski definition) is 2. The van der Waals surface area contributed by atoms with E-state index in [1.54, 1.807) is 0 Å². The molecule has 110 valence electrons. The fourth-order valence-corrected chi connectivity index (χ4v) is 4.66. The van der Waals surface area contributed by atoms with Crippen LogP contribution in [0.2, 0.25) is 0 Å². The van der Waals surface area contributed by atoms with Gasteiger partial charge in [0.15, 0.2) is 4.34 Å². The van der Waals surface area contributed by atoms with Gasteiger partial charge in [0.1, 0.15) is 0 Å². The molecule has 0 radical (unpaired) electrons. The lowest BCUT2D eigenvalue weighted by Crippen LogP contribution is -2.09. The van der Waals surface area contributed by atoms with Crippen LogP contribution in [-0.2, 0) is 17.6 Å². The number of carboxylic acid groups (broad SMARTS) is 1. The number of nitrogens with zero attached hydrogens (tertiary/aromatic N) is 2. The third kappa shape index (κ3) is 3.42. The Bertz CT molecular complexity index is 673. The smallest absolute Gasteiger partial charge is 0.313 e. The minimum Gasteiger partial charge on any atom is -0.481 e. The summed E-state index contributed by atoms with van der Waals surface area (Å²) in [5, 5.41) is 19.4. The summed E-state index contributed by atoms with van der Waals surface area (Å²) in [4.78, 5) is 24.6. The van der Waals surface area contributed by atoms with Crippen molar-refractivity contribution in [2.45, 2.75) is 23.6 Å². The molecule has 1 amide bonds. The molecule has 0 atom stereocenters. The van der Waals surface area contributed by atoms with E-state index in [-0.39, 0.29) is 11.7 Å². The summed E-state index contributed by atoms with van der Waals surface area (Å²) in [5.41, 5.74) is 1.28. The molecule has 2 aromatic rings. The summed E-state index contributed by atoms with van der Waals surface area (Å²) in [6.07, 6.45) is 3.28. The zero-order chi connectivity index (χ0) is 14.8. The Morgan fingerprint density at radius 1 is 1.33 bits per heavy atom. The summed E-state index contributed by atoms with van der Waals surface area (Å²) < 4.78 is 0.529. The molecule has 0 spiro atoms. The molecular formula is C12H11N3O3S3. The Labute approximate surface area is 132 Å². The van der Waals surface area contributed by atoms with Gasteiger partial charge in [-0.3, -0.25) is 14.9 Å². The first kappa shape index (κ1) is 14.5. The van der Waals surface area contributed by atoms with Gasteiger partial charge in [-0.25, -0.2) is 0 Å². The van der Waals surface area contributed by atoms with Crippen LogP contribution in [0.1, 0.15) is 26.5 Å². The first-order valence-corrected chi connectivity index (χ1v) is 8.84. The summed E-state index contributed by atoms with van der Waals surface area (Å²) in [5.74, 6) is -1.16. The highest BCUT2D eigenvalue weighted by Crippen LogP contribution is 2.31. The molecule has 2 N–H and O–H groups in total. The molecule has 0 aromatic carbocycles. The molecule has 0 saturated carbocycles. The van der Waals surface area contributed by atoms with Gasteiger partial charge in [-0.2, -0.15) is 0 Å². The lowest BCUT2D eigenvalue weighted by Gasteiger charge is -1.97. The van der Waals surface area contributed by atoms with Crippen LogP contribution in [0, 0.1) is 0 Å². The van der Waals surface area contributed by atoms with Gasteiger partial charge in [-0.1, -0.05) is 23.1 Å². The topological polar surface area (TPSA) is 92.2 Å². The SMILES string of the molecule is O=C(O)CSc1nnc(NC(=O)c2cc3c(s2)CCC3)s1. The van der Waals surface area contributed by atoms with E-state index < -0.39 is 5.97 Å². The molecule has 0 fully saturated rings. The first-order chi connectivity index (χ1) is 10.1. The second kappa shape index (κ2) is 6.12. The normalized spacial score (nSPS) is 13.1. The van der Waals surface area contributed by atoms with Crippen LogP contribution < -0.4 is 5.32 Å². The Morgan fingerprint density at radius 2 is 2.19 bits per heavy atom. The number of aliphatic carboxylic acids is 1. The summed E-state index contributed by atoms with van der Waals surface area (Å²) >= 11 is 3.80. The van der Waals surface area contributed by atoms with Gasteiger partial charge in [0, 0.05) is 4.88 Å². The maximum absolute atomic E-state index is 12.1. The van der Waals surface area contributed by atoms with Gasteiger partial charge in [-0.15, -0.1) is 21.5 Å². The zero-order valence-electron chi connectivity index (χ0n) is 10.8. The van der Waals surface area contributed by atoms with Gasteiger partial charge in [-0.05, 0) is 30.9 Å². The van der Waals surface area contributed by atoms with Crippen molar-refractivity contribution in [3.05, 3.63) is 21.4 Å². The van der Waals surface area contributed by atoms with Crippen LogP contribution in [0.3, 0.4) is 0 Å². The number of nitrogens with one attached hydrogen (secondary N) is 1. The number of anilines is 1. The molecule has 6 nitrogen and oxygen atoms in total. The van der Waals surface area contributed by atoms with E-state index in [4.69, 9.17) is 5.11 Å². The Balaban J connectivity index is 1.63. The molecule has 21 heavy (non-hydrogen) atoms. The van der Waals surface area contributed by atoms with E-state index in [1.165, 1.54) is 39.5 Å². The van der Waals surface area contributed by atoms with Crippen LogP contribution >= 0.6 is 34.4 Å². The Morgan fingerprint density at radius 3 is 2.95 bits per heavy atom. The minimum atomic E-state index is -0.908. The van der Waals surface area contributed by atoms with Gasteiger partial charge in [0.05, 0.1) is 10.6 Å². The highest BCUT2D eigenvalue weighted by atomic mass is 32.2. The minimum absolute atomic E-state index is 0.0692. The first-order valence-electron chi connectivity index (χ1n) is 6.23. The van der Waals surface area contributed by atoms with Gasteiger partial charge < -0.3 is 5.11 Å². The maximum Gasteiger partial charge on any atom is 0.313 e. The molecule has 0 unspecified atom stereocenters. The van der Waals surface area contributed by atoms with Gasteiger partial charge in [0.2, 0.25) is 5.13 Å². The van der Waals surface area contributed by atoms with Crippen LogP contribution in [0.15, 0.2) is 10.4 Å². The van der Waals surface area contributed by atoms with Crippen molar-refractivity contribution in [2.24, 2.45) is 0 Å². The predicted octanol–water partition coefficient (Wildman–Crippen LogP) is 2.52. The number of amides is 1. The van der Waals surface area contributed by atoms with Crippen molar-refractivity contribution < 1.29 is 14.7 Å². The molecule has 2 aromatic heterocycles. The van der Waals surface area contributed by atoms with E-state index in [0.29, 0.717) is 14.3 Å². The average Bonchev–Trinajstić information content (AvgIpc) is 3.10. The van der Waals surface area contributed by atoms with E-state index >= 15 is 0 Å². The molecule has 0 saturated heterocycles. The van der Waals surface area contributed by atoms with E-state index in [1.807, 2.05) is 6.07 Å². The second-order valence-electron chi connectivity index (χ2n) is 4.42.